The fourth-order valence-corrected chi connectivity index (χ4v) is 2.51. The Hall–Kier alpha value is -1.50. The molecular formula is C12H10BrF2NO3. The van der Waals surface area contributed by atoms with Crippen molar-refractivity contribution in [1.29, 1.82) is 0 Å². The first-order valence-electron chi connectivity index (χ1n) is 5.53. The molecule has 1 N–H and O–H groups in total. The number of carboxylic acids is 1. The fourth-order valence-electron chi connectivity index (χ4n) is 2.08. The maximum absolute atomic E-state index is 13.8. The Morgan fingerprint density at radius 2 is 2.16 bits per heavy atom. The topological polar surface area (TPSA) is 57.6 Å². The predicted octanol–water partition coefficient (Wildman–Crippen LogP) is 2.41. The molecular weight excluding hydrogens is 324 g/mol. The highest BCUT2D eigenvalue weighted by atomic mass is 79.9. The molecule has 0 radical (unpaired) electrons. The van der Waals surface area contributed by atoms with Crippen molar-refractivity contribution in [2.24, 2.45) is 5.92 Å². The number of carboxylic acid groups (broad SMARTS) is 1. The lowest BCUT2D eigenvalue weighted by atomic mass is 10.1. The molecule has 19 heavy (non-hydrogen) atoms. The van der Waals surface area contributed by atoms with Gasteiger partial charge in [-0.1, -0.05) is 15.9 Å². The molecule has 0 bridgehead atoms. The lowest BCUT2D eigenvalue weighted by Crippen LogP contribution is -2.28. The molecule has 0 aliphatic carbocycles. The lowest BCUT2D eigenvalue weighted by molar-refractivity contribution is -0.117. The third kappa shape index (κ3) is 2.47. The van der Waals surface area contributed by atoms with E-state index in [1.807, 2.05) is 0 Å². The fraction of sp³-hybridized carbons (Fsp3) is 0.333. The molecule has 1 saturated heterocycles. The van der Waals surface area contributed by atoms with Gasteiger partial charge < -0.3 is 10.0 Å². The standard InChI is InChI=1S/C12H10BrF2NO3/c13-4-6-3-9(17)16(5-6)11-7(12(18)19)1-2-8(14)10(11)15/h1-2,6H,3-5H2,(H,18,19). The quantitative estimate of drug-likeness (QED) is 0.864. The van der Waals surface area contributed by atoms with Gasteiger partial charge in [0.2, 0.25) is 5.91 Å². The largest absolute Gasteiger partial charge is 0.478 e. The number of anilines is 1. The van der Waals surface area contributed by atoms with E-state index in [0.717, 1.165) is 17.0 Å². The molecule has 1 aliphatic rings. The third-order valence-corrected chi connectivity index (χ3v) is 3.91. The molecule has 0 aromatic heterocycles. The number of hydrogen-bond acceptors (Lipinski definition) is 2. The summed E-state index contributed by atoms with van der Waals surface area (Å²) in [7, 11) is 0. The monoisotopic (exact) mass is 333 g/mol. The van der Waals surface area contributed by atoms with Gasteiger partial charge in [0.1, 0.15) is 0 Å². The molecule has 1 atom stereocenters. The van der Waals surface area contributed by atoms with Crippen LogP contribution in [0.4, 0.5) is 14.5 Å². The summed E-state index contributed by atoms with van der Waals surface area (Å²) in [4.78, 5) is 23.9. The summed E-state index contributed by atoms with van der Waals surface area (Å²) in [5.41, 5.74) is -0.900. The van der Waals surface area contributed by atoms with Crippen LogP contribution in [-0.4, -0.2) is 28.9 Å². The Morgan fingerprint density at radius 3 is 2.68 bits per heavy atom. The van der Waals surface area contributed by atoms with E-state index in [-0.39, 0.29) is 18.9 Å². The number of nitrogens with zero attached hydrogens (tertiary/aromatic N) is 1. The molecule has 1 heterocycles. The van der Waals surface area contributed by atoms with Crippen molar-refractivity contribution >= 4 is 33.5 Å². The number of carbonyl (C=O) groups excluding carboxylic acids is 1. The molecule has 1 aromatic carbocycles. The molecule has 1 fully saturated rings. The normalized spacial score (nSPS) is 19.0. The summed E-state index contributed by atoms with van der Waals surface area (Å²) in [5, 5.41) is 9.55. The molecule has 1 unspecified atom stereocenters. The number of halogens is 3. The van der Waals surface area contributed by atoms with Crippen LogP contribution in [0.3, 0.4) is 0 Å². The molecule has 1 aliphatic heterocycles. The van der Waals surface area contributed by atoms with Gasteiger partial charge >= 0.3 is 5.97 Å². The van der Waals surface area contributed by atoms with Gasteiger partial charge in [-0.25, -0.2) is 13.6 Å². The van der Waals surface area contributed by atoms with E-state index < -0.39 is 34.8 Å². The summed E-state index contributed by atoms with van der Waals surface area (Å²) in [6.07, 6.45) is 0.181. The first-order valence-corrected chi connectivity index (χ1v) is 6.65. The van der Waals surface area contributed by atoms with Crippen molar-refractivity contribution in [2.45, 2.75) is 6.42 Å². The molecule has 0 spiro atoms. The van der Waals surface area contributed by atoms with Gasteiger partial charge in [-0.2, -0.15) is 0 Å². The van der Waals surface area contributed by atoms with Crippen molar-refractivity contribution < 1.29 is 23.5 Å². The van der Waals surface area contributed by atoms with Crippen LogP contribution >= 0.6 is 15.9 Å². The van der Waals surface area contributed by atoms with Crippen LogP contribution in [-0.2, 0) is 4.79 Å². The van der Waals surface area contributed by atoms with Gasteiger partial charge in [-0.15, -0.1) is 0 Å². The lowest BCUT2D eigenvalue weighted by Gasteiger charge is -2.19. The van der Waals surface area contributed by atoms with Crippen molar-refractivity contribution in [1.82, 2.24) is 0 Å². The molecule has 102 valence electrons. The predicted molar refractivity (Wildman–Crippen MR) is 67.6 cm³/mol. The maximum Gasteiger partial charge on any atom is 0.337 e. The molecule has 1 amide bonds. The summed E-state index contributed by atoms with van der Waals surface area (Å²) in [5.74, 6) is -4.32. The van der Waals surface area contributed by atoms with Gasteiger partial charge in [0, 0.05) is 18.3 Å². The van der Waals surface area contributed by atoms with Crippen LogP contribution < -0.4 is 4.90 Å². The van der Waals surface area contributed by atoms with Gasteiger partial charge in [0.15, 0.2) is 11.6 Å². The SMILES string of the molecule is O=C(O)c1ccc(F)c(F)c1N1CC(CBr)CC1=O. The smallest absolute Gasteiger partial charge is 0.337 e. The highest BCUT2D eigenvalue weighted by molar-refractivity contribution is 9.09. The second-order valence-corrected chi connectivity index (χ2v) is 4.94. The number of alkyl halides is 1. The minimum atomic E-state index is -1.40. The first-order chi connectivity index (χ1) is 8.95. The summed E-state index contributed by atoms with van der Waals surface area (Å²) < 4.78 is 27.1. The molecule has 0 saturated carbocycles. The number of aromatic carboxylic acids is 1. The van der Waals surface area contributed by atoms with E-state index in [9.17, 15) is 18.4 Å². The second-order valence-electron chi connectivity index (χ2n) is 4.29. The zero-order chi connectivity index (χ0) is 14.2. The van der Waals surface area contributed by atoms with E-state index in [2.05, 4.69) is 15.9 Å². The van der Waals surface area contributed by atoms with Gasteiger partial charge in [-0.05, 0) is 18.1 Å². The highest BCUT2D eigenvalue weighted by Crippen LogP contribution is 2.32. The third-order valence-electron chi connectivity index (χ3n) is 2.99. The van der Waals surface area contributed by atoms with Crippen molar-refractivity contribution in [3.8, 4) is 0 Å². The minimum Gasteiger partial charge on any atom is -0.478 e. The van der Waals surface area contributed by atoms with E-state index in [1.54, 1.807) is 0 Å². The zero-order valence-electron chi connectivity index (χ0n) is 9.70. The van der Waals surface area contributed by atoms with E-state index in [1.165, 1.54) is 0 Å². The van der Waals surface area contributed by atoms with Crippen LogP contribution in [0.15, 0.2) is 12.1 Å². The Labute approximate surface area is 116 Å². The average Bonchev–Trinajstić information content (AvgIpc) is 2.73. The zero-order valence-corrected chi connectivity index (χ0v) is 11.3. The van der Waals surface area contributed by atoms with Crippen molar-refractivity contribution in [3.63, 3.8) is 0 Å². The number of benzene rings is 1. The Kier molecular flexibility index (Phi) is 3.84. The summed E-state index contributed by atoms with van der Waals surface area (Å²) in [6, 6.07) is 1.70. The minimum absolute atomic E-state index is 0.0446. The number of carbonyl (C=O) groups is 2. The Balaban J connectivity index is 2.52. The van der Waals surface area contributed by atoms with Crippen LogP contribution in [0, 0.1) is 17.6 Å². The van der Waals surface area contributed by atoms with Crippen molar-refractivity contribution in [2.75, 3.05) is 16.8 Å². The van der Waals surface area contributed by atoms with Gasteiger partial charge in [0.25, 0.3) is 0 Å². The molecule has 2 rings (SSSR count). The summed E-state index contributed by atoms with van der Waals surface area (Å²) in [6.45, 7) is 0.171. The average molecular weight is 334 g/mol. The Morgan fingerprint density at radius 1 is 1.47 bits per heavy atom. The van der Waals surface area contributed by atoms with Crippen LogP contribution in [0.5, 0.6) is 0 Å². The number of hydrogen-bond donors (Lipinski definition) is 1. The van der Waals surface area contributed by atoms with Crippen molar-refractivity contribution in [3.05, 3.63) is 29.3 Å². The summed E-state index contributed by atoms with van der Waals surface area (Å²) >= 11 is 3.22. The highest BCUT2D eigenvalue weighted by Gasteiger charge is 2.34. The van der Waals surface area contributed by atoms with Gasteiger partial charge in [0.05, 0.1) is 11.3 Å². The maximum atomic E-state index is 13.8. The van der Waals surface area contributed by atoms with Crippen LogP contribution in [0.1, 0.15) is 16.8 Å². The van der Waals surface area contributed by atoms with E-state index in [4.69, 9.17) is 5.11 Å². The number of rotatable bonds is 3. The van der Waals surface area contributed by atoms with E-state index >= 15 is 0 Å². The Bertz CT molecular complexity index is 550. The molecule has 7 heteroatoms. The first kappa shape index (κ1) is 13.9. The second kappa shape index (κ2) is 5.24. The molecule has 4 nitrogen and oxygen atoms in total. The van der Waals surface area contributed by atoms with Gasteiger partial charge in [-0.3, -0.25) is 4.79 Å². The van der Waals surface area contributed by atoms with Crippen LogP contribution in [0.2, 0.25) is 0 Å². The molecule has 1 aromatic rings. The number of amides is 1. The van der Waals surface area contributed by atoms with E-state index in [0.29, 0.717) is 5.33 Å². The van der Waals surface area contributed by atoms with Crippen LogP contribution in [0.25, 0.3) is 0 Å².